The summed E-state index contributed by atoms with van der Waals surface area (Å²) in [5.74, 6) is -0.0556. The smallest absolute Gasteiger partial charge is 0.253 e. The molecule has 0 radical (unpaired) electrons. The molecule has 1 aliphatic heterocycles. The van der Waals surface area contributed by atoms with Crippen molar-refractivity contribution in [2.24, 2.45) is 5.16 Å². The van der Waals surface area contributed by atoms with Crippen LogP contribution in [-0.4, -0.2) is 28.4 Å². The average molecular weight is 229 g/mol. The highest BCUT2D eigenvalue weighted by Gasteiger charge is 2.18. The van der Waals surface area contributed by atoms with Crippen molar-refractivity contribution in [1.82, 2.24) is 9.88 Å². The van der Waals surface area contributed by atoms with Crippen LogP contribution in [0.1, 0.15) is 15.9 Å². The third-order valence-electron chi connectivity index (χ3n) is 3.01. The van der Waals surface area contributed by atoms with Gasteiger partial charge in [-0.05, 0) is 6.07 Å². The molecule has 2 N–H and O–H groups in total. The van der Waals surface area contributed by atoms with E-state index in [1.165, 1.54) is 6.21 Å². The van der Waals surface area contributed by atoms with Crippen molar-refractivity contribution in [3.05, 3.63) is 35.5 Å². The Balaban J connectivity index is 2.39. The molecule has 0 saturated heterocycles. The third kappa shape index (κ3) is 1.39. The molecule has 1 aromatic carbocycles. The predicted octanol–water partition coefficient (Wildman–Crippen LogP) is 1.19. The van der Waals surface area contributed by atoms with Crippen LogP contribution in [0.15, 0.2) is 29.6 Å². The minimum atomic E-state index is -0.0556. The summed E-state index contributed by atoms with van der Waals surface area (Å²) in [6.07, 6.45) is 3.29. The van der Waals surface area contributed by atoms with E-state index in [9.17, 15) is 4.79 Å². The average Bonchev–Trinajstić information content (AvgIpc) is 2.59. The van der Waals surface area contributed by atoms with E-state index in [0.29, 0.717) is 12.1 Å². The first-order valence-corrected chi connectivity index (χ1v) is 5.39. The van der Waals surface area contributed by atoms with Gasteiger partial charge in [0.25, 0.3) is 5.91 Å². The molecule has 2 aromatic rings. The zero-order valence-corrected chi connectivity index (χ0v) is 9.05. The van der Waals surface area contributed by atoms with Gasteiger partial charge in [-0.1, -0.05) is 17.3 Å². The van der Waals surface area contributed by atoms with Crippen molar-refractivity contribution in [2.45, 2.75) is 6.54 Å². The van der Waals surface area contributed by atoms with Gasteiger partial charge < -0.3 is 15.1 Å². The molecular weight excluding hydrogens is 218 g/mol. The number of aromatic nitrogens is 1. The van der Waals surface area contributed by atoms with E-state index >= 15 is 0 Å². The molecule has 2 heterocycles. The summed E-state index contributed by atoms with van der Waals surface area (Å²) in [7, 11) is 0. The van der Waals surface area contributed by atoms with Gasteiger partial charge in [-0.2, -0.15) is 0 Å². The van der Waals surface area contributed by atoms with Crippen LogP contribution in [0.5, 0.6) is 0 Å². The molecule has 0 spiro atoms. The maximum absolute atomic E-state index is 11.9. The van der Waals surface area contributed by atoms with Gasteiger partial charge in [0, 0.05) is 30.2 Å². The molecule has 86 valence electrons. The highest BCUT2D eigenvalue weighted by Crippen LogP contribution is 2.25. The van der Waals surface area contributed by atoms with E-state index < -0.39 is 0 Å². The maximum Gasteiger partial charge on any atom is 0.253 e. The van der Waals surface area contributed by atoms with Crippen LogP contribution in [0.25, 0.3) is 10.9 Å². The molecule has 0 saturated carbocycles. The van der Waals surface area contributed by atoms with Gasteiger partial charge in [0.05, 0.1) is 17.3 Å². The number of carbonyl (C=O) groups is 1. The van der Waals surface area contributed by atoms with Crippen LogP contribution >= 0.6 is 0 Å². The van der Waals surface area contributed by atoms with Gasteiger partial charge in [0.1, 0.15) is 0 Å². The van der Waals surface area contributed by atoms with Gasteiger partial charge in [-0.3, -0.25) is 4.79 Å². The van der Waals surface area contributed by atoms with E-state index in [4.69, 9.17) is 5.21 Å². The Hall–Kier alpha value is -2.30. The van der Waals surface area contributed by atoms with E-state index in [-0.39, 0.29) is 5.91 Å². The summed E-state index contributed by atoms with van der Waals surface area (Å²) in [5.41, 5.74) is 2.38. The summed E-state index contributed by atoms with van der Waals surface area (Å²) in [5, 5.41) is 15.5. The van der Waals surface area contributed by atoms with Gasteiger partial charge in [-0.15, -0.1) is 0 Å². The molecule has 5 nitrogen and oxygen atoms in total. The van der Waals surface area contributed by atoms with E-state index in [1.807, 2.05) is 22.9 Å². The second-order valence-electron chi connectivity index (χ2n) is 3.98. The second-order valence-corrected chi connectivity index (χ2v) is 3.98. The molecule has 3 rings (SSSR count). The Bertz CT molecular complexity index is 628. The quantitative estimate of drug-likeness (QED) is 0.438. The largest absolute Gasteiger partial charge is 0.411 e. The minimum absolute atomic E-state index is 0.0556. The molecule has 0 aliphatic carbocycles. The lowest BCUT2D eigenvalue weighted by molar-refractivity contribution is 0.0956. The second kappa shape index (κ2) is 3.62. The third-order valence-corrected chi connectivity index (χ3v) is 3.01. The summed E-state index contributed by atoms with van der Waals surface area (Å²) in [6.45, 7) is 1.32. The van der Waals surface area contributed by atoms with Gasteiger partial charge in [0.15, 0.2) is 0 Å². The lowest BCUT2D eigenvalue weighted by Gasteiger charge is -2.01. The summed E-state index contributed by atoms with van der Waals surface area (Å²) in [4.78, 5) is 11.9. The standard InChI is InChI=1S/C12H11N3O2/c16-12-10-3-1-2-9-8(6-14-17)7-15(11(9)10)5-4-13-12/h1-3,6-7,17H,4-5H2,(H,13,16)/b14-6+. The molecule has 1 amide bonds. The fraction of sp³-hybridized carbons (Fsp3) is 0.167. The summed E-state index contributed by atoms with van der Waals surface area (Å²) >= 11 is 0. The molecule has 1 aromatic heterocycles. The lowest BCUT2D eigenvalue weighted by Crippen LogP contribution is -2.24. The van der Waals surface area contributed by atoms with Crippen LogP contribution in [0.3, 0.4) is 0 Å². The molecule has 17 heavy (non-hydrogen) atoms. The number of rotatable bonds is 1. The maximum atomic E-state index is 11.9. The number of benzene rings is 1. The van der Waals surface area contributed by atoms with Crippen molar-refractivity contribution in [2.75, 3.05) is 6.54 Å². The molecule has 1 aliphatic rings. The van der Waals surface area contributed by atoms with Crippen LogP contribution in [0.4, 0.5) is 0 Å². The molecule has 0 atom stereocenters. The summed E-state index contributed by atoms with van der Waals surface area (Å²) < 4.78 is 2.01. The number of oxime groups is 1. The zero-order chi connectivity index (χ0) is 11.8. The normalized spacial score (nSPS) is 15.2. The van der Waals surface area contributed by atoms with E-state index in [0.717, 1.165) is 23.0 Å². The first-order chi connectivity index (χ1) is 8.31. The predicted molar refractivity (Wildman–Crippen MR) is 63.7 cm³/mol. The number of hydrogen-bond acceptors (Lipinski definition) is 3. The Morgan fingerprint density at radius 2 is 2.35 bits per heavy atom. The number of carbonyl (C=O) groups excluding carboxylic acids is 1. The monoisotopic (exact) mass is 229 g/mol. The molecule has 0 unspecified atom stereocenters. The number of hydrogen-bond donors (Lipinski definition) is 2. The van der Waals surface area contributed by atoms with Crippen LogP contribution < -0.4 is 5.32 Å². The zero-order valence-electron chi connectivity index (χ0n) is 9.05. The highest BCUT2D eigenvalue weighted by molar-refractivity contribution is 6.10. The topological polar surface area (TPSA) is 66.6 Å². The SMILES string of the molecule is O=C1NCCn2cc(/C=N/O)c3cccc1c32. The highest BCUT2D eigenvalue weighted by atomic mass is 16.4. The van der Waals surface area contributed by atoms with Crippen molar-refractivity contribution in [3.63, 3.8) is 0 Å². The van der Waals surface area contributed by atoms with Gasteiger partial charge in [-0.25, -0.2) is 0 Å². The van der Waals surface area contributed by atoms with Crippen molar-refractivity contribution in [3.8, 4) is 0 Å². The number of para-hydroxylation sites is 1. The van der Waals surface area contributed by atoms with Crippen molar-refractivity contribution in [1.29, 1.82) is 0 Å². The molecule has 0 fully saturated rings. The van der Waals surface area contributed by atoms with Crippen LogP contribution in [0, 0.1) is 0 Å². The van der Waals surface area contributed by atoms with Crippen molar-refractivity contribution >= 4 is 23.0 Å². The summed E-state index contributed by atoms with van der Waals surface area (Å²) in [6, 6.07) is 5.56. The van der Waals surface area contributed by atoms with Crippen molar-refractivity contribution < 1.29 is 10.0 Å². The minimum Gasteiger partial charge on any atom is -0.411 e. The fourth-order valence-corrected chi connectivity index (χ4v) is 2.30. The Labute approximate surface area is 97.3 Å². The first-order valence-electron chi connectivity index (χ1n) is 5.39. The molecule has 5 heteroatoms. The molecular formula is C12H11N3O2. The Morgan fingerprint density at radius 1 is 1.47 bits per heavy atom. The number of nitrogens with one attached hydrogen (secondary N) is 1. The van der Waals surface area contributed by atoms with Gasteiger partial charge >= 0.3 is 0 Å². The van der Waals surface area contributed by atoms with Crippen LogP contribution in [0.2, 0.25) is 0 Å². The van der Waals surface area contributed by atoms with Gasteiger partial charge in [0.2, 0.25) is 0 Å². The number of amides is 1. The van der Waals surface area contributed by atoms with E-state index in [2.05, 4.69) is 10.5 Å². The van der Waals surface area contributed by atoms with Crippen LogP contribution in [-0.2, 0) is 6.54 Å². The molecule has 0 bridgehead atoms. The lowest BCUT2D eigenvalue weighted by atomic mass is 10.1. The fourth-order valence-electron chi connectivity index (χ4n) is 2.30. The Kier molecular flexibility index (Phi) is 2.11. The Morgan fingerprint density at radius 3 is 3.18 bits per heavy atom. The van der Waals surface area contributed by atoms with E-state index in [1.54, 1.807) is 6.07 Å². The number of nitrogens with zero attached hydrogens (tertiary/aromatic N) is 2. The first kappa shape index (κ1) is 9.89.